The van der Waals surface area contributed by atoms with Gasteiger partial charge < -0.3 is 14.8 Å². The van der Waals surface area contributed by atoms with Gasteiger partial charge in [-0.15, -0.1) is 22.7 Å². The minimum Gasteiger partial charge on any atom is -0.462 e. The number of rotatable bonds is 7. The topological polar surface area (TPSA) is 123 Å². The van der Waals surface area contributed by atoms with Crippen LogP contribution in [-0.4, -0.2) is 36.6 Å². The van der Waals surface area contributed by atoms with E-state index < -0.39 is 23.8 Å². The summed E-state index contributed by atoms with van der Waals surface area (Å²) in [7, 11) is 0. The number of ether oxygens (including phenoxy) is 2. The molecule has 0 saturated heterocycles. The molecule has 2 aromatic carbocycles. The van der Waals surface area contributed by atoms with Gasteiger partial charge in [-0.2, -0.15) is 5.10 Å². The van der Waals surface area contributed by atoms with Gasteiger partial charge in [-0.25, -0.2) is 15.0 Å². The zero-order valence-corrected chi connectivity index (χ0v) is 25.1. The summed E-state index contributed by atoms with van der Waals surface area (Å²) in [6.45, 7) is 4.05. The number of anilines is 1. The number of hydrogen-bond acceptors (Lipinski definition) is 9. The molecule has 0 saturated carbocycles. The minimum absolute atomic E-state index is 0.201. The molecule has 1 aliphatic carbocycles. The Bertz CT molecular complexity index is 1710. The lowest BCUT2D eigenvalue weighted by Gasteiger charge is -2.18. The van der Waals surface area contributed by atoms with Crippen molar-refractivity contribution in [3.05, 3.63) is 80.0 Å². The number of hydrogen-bond donors (Lipinski definition) is 2. The van der Waals surface area contributed by atoms with Crippen molar-refractivity contribution in [1.29, 1.82) is 0 Å². The van der Waals surface area contributed by atoms with Crippen LogP contribution in [0, 0.1) is 5.92 Å². The summed E-state index contributed by atoms with van der Waals surface area (Å²) >= 11 is 8.92. The zero-order chi connectivity index (χ0) is 29.8. The third kappa shape index (κ3) is 6.38. The molecular formula is C30H26ClN3O6S2. The summed E-state index contributed by atoms with van der Waals surface area (Å²) in [5.41, 5.74) is 3.98. The molecule has 2 N–H and O–H groups in total. The molecular weight excluding hydrogens is 598 g/mol. The van der Waals surface area contributed by atoms with Gasteiger partial charge in [0, 0.05) is 15.0 Å². The smallest absolute Gasteiger partial charge is 0.355 e. The van der Waals surface area contributed by atoms with Crippen molar-refractivity contribution in [2.75, 3.05) is 11.9 Å². The standard InChI is InChI=1S/C30H26ClN3O6S2/c1-3-39-29(37)23-19-13-8-16(2)14-22(19)42-28(23)33-26(35)27(36)34-32-15-17-9-11-18(12-10-17)40-30(38)25-24(31)20-6-4-5-7-21(20)41-25/h4-7,9-12,15-16H,3,8,13-14H2,1-2H3,(H,33,35)(H,34,36)/b32-15-/t16-/m1/s1. The Hall–Kier alpha value is -4.06. The number of esters is 2. The first-order valence-corrected chi connectivity index (χ1v) is 15.2. The number of carbonyl (C=O) groups excluding carboxylic acids is 4. The van der Waals surface area contributed by atoms with Gasteiger partial charge in [-0.05, 0) is 73.6 Å². The van der Waals surface area contributed by atoms with Gasteiger partial charge in [0.25, 0.3) is 0 Å². The van der Waals surface area contributed by atoms with E-state index in [1.807, 2.05) is 24.3 Å². The summed E-state index contributed by atoms with van der Waals surface area (Å²) < 4.78 is 11.6. The maximum absolute atomic E-state index is 12.7. The second kappa shape index (κ2) is 12.8. The molecule has 2 heterocycles. The lowest BCUT2D eigenvalue weighted by molar-refractivity contribution is -0.136. The maximum atomic E-state index is 12.7. The summed E-state index contributed by atoms with van der Waals surface area (Å²) in [5.74, 6) is -2.25. The van der Waals surface area contributed by atoms with Crippen LogP contribution in [0.2, 0.25) is 5.02 Å². The van der Waals surface area contributed by atoms with E-state index in [1.165, 1.54) is 28.9 Å². The molecule has 4 aromatic rings. The largest absolute Gasteiger partial charge is 0.462 e. The number of hydrazone groups is 1. The second-order valence-electron chi connectivity index (χ2n) is 9.63. The number of thiophene rings is 2. The van der Waals surface area contributed by atoms with Crippen LogP contribution in [0.4, 0.5) is 5.00 Å². The number of halogens is 1. The lowest BCUT2D eigenvalue weighted by Crippen LogP contribution is -2.32. The average molecular weight is 624 g/mol. The molecule has 216 valence electrons. The number of fused-ring (bicyclic) bond motifs is 2. The third-order valence-electron chi connectivity index (χ3n) is 6.62. The van der Waals surface area contributed by atoms with Crippen LogP contribution in [-0.2, 0) is 27.2 Å². The van der Waals surface area contributed by atoms with E-state index in [0.29, 0.717) is 44.1 Å². The minimum atomic E-state index is -0.994. The maximum Gasteiger partial charge on any atom is 0.355 e. The Labute approximate surface area is 254 Å². The van der Waals surface area contributed by atoms with Crippen LogP contribution in [0.25, 0.3) is 10.1 Å². The van der Waals surface area contributed by atoms with Gasteiger partial charge in [0.2, 0.25) is 0 Å². The van der Waals surface area contributed by atoms with Crippen LogP contribution in [0.1, 0.15) is 56.3 Å². The molecule has 1 atom stereocenters. The fraction of sp³-hybridized carbons (Fsp3) is 0.233. The van der Waals surface area contributed by atoms with Gasteiger partial charge in [0.05, 0.1) is 23.4 Å². The van der Waals surface area contributed by atoms with E-state index in [1.54, 1.807) is 31.2 Å². The molecule has 0 unspecified atom stereocenters. The fourth-order valence-electron chi connectivity index (χ4n) is 4.55. The van der Waals surface area contributed by atoms with Crippen molar-refractivity contribution in [2.45, 2.75) is 33.1 Å². The molecule has 0 spiro atoms. The van der Waals surface area contributed by atoms with Crippen LogP contribution >= 0.6 is 34.3 Å². The predicted molar refractivity (Wildman–Crippen MR) is 164 cm³/mol. The van der Waals surface area contributed by atoms with Crippen LogP contribution < -0.4 is 15.5 Å². The van der Waals surface area contributed by atoms with Crippen LogP contribution in [0.5, 0.6) is 5.75 Å². The monoisotopic (exact) mass is 623 g/mol. The summed E-state index contributed by atoms with van der Waals surface area (Å²) in [4.78, 5) is 51.7. The summed E-state index contributed by atoms with van der Waals surface area (Å²) in [6, 6.07) is 13.9. The van der Waals surface area contributed by atoms with Crippen molar-refractivity contribution in [3.8, 4) is 5.75 Å². The SMILES string of the molecule is CCOC(=O)c1c(NC(=O)C(=O)N/N=C\c2ccc(OC(=O)c3sc4ccccc4c3Cl)cc2)sc2c1CC[C@@H](C)C2. The number of benzene rings is 2. The van der Waals surface area contributed by atoms with Gasteiger partial charge in [0.15, 0.2) is 0 Å². The van der Waals surface area contributed by atoms with Crippen molar-refractivity contribution in [3.63, 3.8) is 0 Å². The number of amides is 2. The first-order chi connectivity index (χ1) is 20.2. The molecule has 2 aromatic heterocycles. The van der Waals surface area contributed by atoms with Crippen molar-refractivity contribution < 1.29 is 28.7 Å². The summed E-state index contributed by atoms with van der Waals surface area (Å²) in [6.07, 6.45) is 3.79. The molecule has 0 fully saturated rings. The molecule has 1 aliphatic rings. The van der Waals surface area contributed by atoms with Crippen molar-refractivity contribution >= 4 is 79.3 Å². The highest BCUT2D eigenvalue weighted by atomic mass is 35.5. The van der Waals surface area contributed by atoms with Gasteiger partial charge in [-0.3, -0.25) is 9.59 Å². The quantitative estimate of drug-likeness (QED) is 0.0828. The van der Waals surface area contributed by atoms with Gasteiger partial charge >= 0.3 is 23.8 Å². The van der Waals surface area contributed by atoms with E-state index >= 15 is 0 Å². The summed E-state index contributed by atoms with van der Waals surface area (Å²) in [5, 5.41) is 7.85. The van der Waals surface area contributed by atoms with Crippen molar-refractivity contribution in [2.24, 2.45) is 11.0 Å². The van der Waals surface area contributed by atoms with Crippen LogP contribution in [0.3, 0.4) is 0 Å². The Morgan fingerprint density at radius 2 is 1.81 bits per heavy atom. The van der Waals surface area contributed by atoms with Crippen molar-refractivity contribution in [1.82, 2.24) is 5.43 Å². The van der Waals surface area contributed by atoms with Gasteiger partial charge in [-0.1, -0.05) is 36.7 Å². The van der Waals surface area contributed by atoms with Gasteiger partial charge in [0.1, 0.15) is 15.6 Å². The molecule has 9 nitrogen and oxygen atoms in total. The Morgan fingerprint density at radius 3 is 2.55 bits per heavy atom. The highest BCUT2D eigenvalue weighted by molar-refractivity contribution is 7.21. The van der Waals surface area contributed by atoms with E-state index in [4.69, 9.17) is 21.1 Å². The highest BCUT2D eigenvalue weighted by Gasteiger charge is 2.30. The zero-order valence-electron chi connectivity index (χ0n) is 22.7. The predicted octanol–water partition coefficient (Wildman–Crippen LogP) is 6.23. The van der Waals surface area contributed by atoms with E-state index in [0.717, 1.165) is 33.4 Å². The Balaban J connectivity index is 1.18. The molecule has 5 rings (SSSR count). The molecule has 0 radical (unpaired) electrons. The van der Waals surface area contributed by atoms with E-state index in [-0.39, 0.29) is 6.61 Å². The molecule has 42 heavy (non-hydrogen) atoms. The first-order valence-electron chi connectivity index (χ1n) is 13.2. The fourth-order valence-corrected chi connectivity index (χ4v) is 7.33. The second-order valence-corrected chi connectivity index (χ2v) is 12.2. The average Bonchev–Trinajstić information content (AvgIpc) is 3.50. The molecule has 2 amide bonds. The third-order valence-corrected chi connectivity index (χ3v) is 9.44. The Morgan fingerprint density at radius 1 is 1.05 bits per heavy atom. The van der Waals surface area contributed by atoms with E-state index in [2.05, 4.69) is 22.8 Å². The molecule has 12 heteroatoms. The number of carbonyl (C=O) groups is 4. The molecule has 0 aliphatic heterocycles. The van der Waals surface area contributed by atoms with Crippen LogP contribution in [0.15, 0.2) is 53.6 Å². The number of nitrogens with one attached hydrogen (secondary N) is 2. The van der Waals surface area contributed by atoms with E-state index in [9.17, 15) is 19.2 Å². The highest BCUT2D eigenvalue weighted by Crippen LogP contribution is 2.40. The molecule has 0 bridgehead atoms. The number of nitrogens with zero attached hydrogens (tertiary/aromatic N) is 1. The normalized spacial score (nSPS) is 14.4. The Kier molecular flexibility index (Phi) is 9.00. The first kappa shape index (κ1) is 29.4. The lowest BCUT2D eigenvalue weighted by atomic mass is 9.88.